The quantitative estimate of drug-likeness (QED) is 0.731. The van der Waals surface area contributed by atoms with Crippen molar-refractivity contribution in [3.63, 3.8) is 0 Å². The zero-order valence-corrected chi connectivity index (χ0v) is 10.3. The maximum absolute atomic E-state index is 12.3. The number of carbonyl (C=O) groups is 1. The summed E-state index contributed by atoms with van der Waals surface area (Å²) in [5.74, 6) is -0.450. The molecule has 15 heavy (non-hydrogen) atoms. The first-order valence-corrected chi connectivity index (χ1v) is 5.95. The standard InChI is InChI=1S/C11H13BrO3/c1-10-3-6-5-15-11(14-2,9(10)13)8(6)7(12)4-10/h4,6,8H,3,5H2,1-2H3/t6-,8+,10-,11+/m0/s1. The van der Waals surface area contributed by atoms with Crippen LogP contribution in [0.5, 0.6) is 0 Å². The largest absolute Gasteiger partial charge is 0.346 e. The monoisotopic (exact) mass is 272 g/mol. The van der Waals surface area contributed by atoms with E-state index in [0.29, 0.717) is 12.5 Å². The van der Waals surface area contributed by atoms with Crippen LogP contribution in [0.25, 0.3) is 0 Å². The lowest BCUT2D eigenvalue weighted by Crippen LogP contribution is -2.59. The molecule has 4 bridgehead atoms. The average molecular weight is 273 g/mol. The number of rotatable bonds is 1. The summed E-state index contributed by atoms with van der Waals surface area (Å²) in [6.07, 6.45) is 2.92. The van der Waals surface area contributed by atoms with E-state index in [1.165, 1.54) is 0 Å². The molecule has 0 amide bonds. The van der Waals surface area contributed by atoms with Gasteiger partial charge in [-0.2, -0.15) is 0 Å². The molecule has 1 aliphatic heterocycles. The molecule has 0 radical (unpaired) electrons. The Kier molecular flexibility index (Phi) is 1.82. The van der Waals surface area contributed by atoms with Crippen molar-refractivity contribution in [1.82, 2.24) is 0 Å². The van der Waals surface area contributed by atoms with Crippen molar-refractivity contribution in [2.75, 3.05) is 13.7 Å². The van der Waals surface area contributed by atoms with Gasteiger partial charge < -0.3 is 9.47 Å². The van der Waals surface area contributed by atoms with E-state index in [0.717, 1.165) is 10.9 Å². The zero-order valence-electron chi connectivity index (χ0n) is 8.75. The maximum Gasteiger partial charge on any atom is 0.237 e. The third kappa shape index (κ3) is 0.959. The lowest BCUT2D eigenvalue weighted by Gasteiger charge is -2.48. The summed E-state index contributed by atoms with van der Waals surface area (Å²) in [7, 11) is 1.56. The molecule has 4 rings (SSSR count). The van der Waals surface area contributed by atoms with Crippen LogP contribution in [-0.2, 0) is 14.3 Å². The van der Waals surface area contributed by atoms with Crippen molar-refractivity contribution in [3.8, 4) is 0 Å². The van der Waals surface area contributed by atoms with Gasteiger partial charge in [-0.1, -0.05) is 22.0 Å². The van der Waals surface area contributed by atoms with Gasteiger partial charge in [0.25, 0.3) is 0 Å². The van der Waals surface area contributed by atoms with Crippen molar-refractivity contribution < 1.29 is 14.3 Å². The zero-order chi connectivity index (χ0) is 10.8. The minimum absolute atomic E-state index is 0.0665. The van der Waals surface area contributed by atoms with E-state index in [9.17, 15) is 4.79 Å². The minimum atomic E-state index is -1.01. The van der Waals surface area contributed by atoms with Crippen LogP contribution in [0.1, 0.15) is 13.3 Å². The number of hydrogen-bond donors (Lipinski definition) is 0. The second kappa shape index (κ2) is 2.73. The first-order chi connectivity index (χ1) is 7.03. The fourth-order valence-corrected chi connectivity index (χ4v) is 4.53. The van der Waals surface area contributed by atoms with E-state index >= 15 is 0 Å². The van der Waals surface area contributed by atoms with Gasteiger partial charge in [0.15, 0.2) is 0 Å². The summed E-state index contributed by atoms with van der Waals surface area (Å²) in [6.45, 7) is 2.60. The summed E-state index contributed by atoms with van der Waals surface area (Å²) >= 11 is 3.55. The van der Waals surface area contributed by atoms with Crippen LogP contribution in [0.4, 0.5) is 0 Å². The van der Waals surface area contributed by atoms with Crippen molar-refractivity contribution >= 4 is 21.7 Å². The summed E-state index contributed by atoms with van der Waals surface area (Å²) in [5, 5.41) is 0. The van der Waals surface area contributed by atoms with Crippen molar-refractivity contribution in [3.05, 3.63) is 10.6 Å². The van der Waals surface area contributed by atoms with E-state index in [4.69, 9.17) is 9.47 Å². The van der Waals surface area contributed by atoms with E-state index in [1.54, 1.807) is 7.11 Å². The minimum Gasteiger partial charge on any atom is -0.346 e. The molecule has 4 aliphatic rings. The molecule has 4 heteroatoms. The Balaban J connectivity index is 2.22. The molecular formula is C11H13BrO3. The predicted octanol–water partition coefficient (Wildman–Crippen LogP) is 1.86. The average Bonchev–Trinajstić information content (AvgIpc) is 2.52. The molecule has 0 unspecified atom stereocenters. The van der Waals surface area contributed by atoms with Crippen LogP contribution in [-0.4, -0.2) is 25.3 Å². The van der Waals surface area contributed by atoms with Gasteiger partial charge in [-0.05, 0) is 19.3 Å². The Morgan fingerprint density at radius 3 is 3.07 bits per heavy atom. The van der Waals surface area contributed by atoms with Crippen LogP contribution in [0.15, 0.2) is 10.6 Å². The van der Waals surface area contributed by atoms with Crippen LogP contribution < -0.4 is 0 Å². The normalized spacial score (nSPS) is 52.2. The third-order valence-corrected chi connectivity index (χ3v) is 4.69. The highest BCUT2D eigenvalue weighted by molar-refractivity contribution is 9.11. The molecular weight excluding hydrogens is 260 g/mol. The van der Waals surface area contributed by atoms with E-state index in [-0.39, 0.29) is 11.7 Å². The first-order valence-electron chi connectivity index (χ1n) is 5.16. The Labute approximate surface area is 96.9 Å². The van der Waals surface area contributed by atoms with Gasteiger partial charge in [-0.15, -0.1) is 0 Å². The molecule has 0 aromatic rings. The molecule has 1 heterocycles. The fraction of sp³-hybridized carbons (Fsp3) is 0.727. The summed E-state index contributed by atoms with van der Waals surface area (Å²) < 4.78 is 12.1. The van der Waals surface area contributed by atoms with Crippen molar-refractivity contribution in [1.29, 1.82) is 0 Å². The second-order valence-electron chi connectivity index (χ2n) is 4.90. The van der Waals surface area contributed by atoms with Crippen LogP contribution >= 0.6 is 15.9 Å². The van der Waals surface area contributed by atoms with Gasteiger partial charge in [0.1, 0.15) is 0 Å². The van der Waals surface area contributed by atoms with Gasteiger partial charge in [-0.3, -0.25) is 4.79 Å². The summed E-state index contributed by atoms with van der Waals surface area (Å²) in [6, 6.07) is 0. The molecule has 1 saturated heterocycles. The summed E-state index contributed by atoms with van der Waals surface area (Å²) in [4.78, 5) is 12.3. The van der Waals surface area contributed by atoms with Crippen molar-refractivity contribution in [2.45, 2.75) is 19.1 Å². The van der Waals surface area contributed by atoms with Crippen LogP contribution in [0.3, 0.4) is 0 Å². The van der Waals surface area contributed by atoms with E-state index in [2.05, 4.69) is 15.9 Å². The third-order valence-electron chi connectivity index (χ3n) is 3.97. The molecule has 0 aromatic carbocycles. The Hall–Kier alpha value is -0.190. The SMILES string of the molecule is CO[C@@]12OC[C@@H]3C[C@@](C)(C=C(Br)[C@@H]31)C2=O. The summed E-state index contributed by atoms with van der Waals surface area (Å²) in [5.41, 5.74) is -0.412. The van der Waals surface area contributed by atoms with E-state index < -0.39 is 11.2 Å². The number of ketones is 1. The fourth-order valence-electron chi connectivity index (χ4n) is 3.35. The number of carbonyl (C=O) groups excluding carboxylic acids is 1. The molecule has 0 N–H and O–H groups in total. The number of allylic oxidation sites excluding steroid dienone is 1. The van der Waals surface area contributed by atoms with Gasteiger partial charge in [0.2, 0.25) is 11.6 Å². The second-order valence-corrected chi connectivity index (χ2v) is 5.82. The highest BCUT2D eigenvalue weighted by Crippen LogP contribution is 2.60. The first kappa shape index (κ1) is 10.00. The Morgan fingerprint density at radius 2 is 2.40 bits per heavy atom. The van der Waals surface area contributed by atoms with Gasteiger partial charge >= 0.3 is 0 Å². The van der Waals surface area contributed by atoms with Gasteiger partial charge in [-0.25, -0.2) is 0 Å². The van der Waals surface area contributed by atoms with Crippen LogP contribution in [0, 0.1) is 17.3 Å². The molecule has 1 saturated carbocycles. The predicted molar refractivity (Wildman–Crippen MR) is 57.4 cm³/mol. The molecule has 0 aromatic heterocycles. The molecule has 3 aliphatic carbocycles. The van der Waals surface area contributed by atoms with E-state index in [1.807, 2.05) is 13.0 Å². The highest BCUT2D eigenvalue weighted by atomic mass is 79.9. The molecule has 2 fully saturated rings. The number of methoxy groups -OCH3 is 1. The number of Topliss-reactive ketones (excluding diaryl/α,β-unsaturated/α-hetero) is 1. The van der Waals surface area contributed by atoms with Crippen molar-refractivity contribution in [2.24, 2.45) is 17.3 Å². The van der Waals surface area contributed by atoms with Gasteiger partial charge in [0, 0.05) is 11.6 Å². The maximum atomic E-state index is 12.3. The van der Waals surface area contributed by atoms with Gasteiger partial charge in [0.05, 0.1) is 17.9 Å². The Morgan fingerprint density at radius 1 is 1.67 bits per heavy atom. The topological polar surface area (TPSA) is 35.5 Å². The molecule has 4 atom stereocenters. The smallest absolute Gasteiger partial charge is 0.237 e. The number of hydrogen-bond acceptors (Lipinski definition) is 3. The Bertz CT molecular complexity index is 378. The molecule has 82 valence electrons. The lowest BCUT2D eigenvalue weighted by molar-refractivity contribution is -0.220. The number of halogens is 1. The lowest BCUT2D eigenvalue weighted by atomic mass is 9.59. The highest BCUT2D eigenvalue weighted by Gasteiger charge is 2.68. The number of ether oxygens (including phenoxy) is 2. The molecule has 0 spiro atoms. The van der Waals surface area contributed by atoms with Crippen LogP contribution in [0.2, 0.25) is 0 Å². The molecule has 3 nitrogen and oxygen atoms in total.